The zero-order valence-corrected chi connectivity index (χ0v) is 11.2. The van der Waals surface area contributed by atoms with Crippen molar-refractivity contribution in [1.82, 2.24) is 9.97 Å². The van der Waals surface area contributed by atoms with Gasteiger partial charge in [0.25, 0.3) is 0 Å². The molecular formula is C14H13ClN2O2. The third kappa shape index (κ3) is 3.51. The fraction of sp³-hybridized carbons (Fsp3) is 0.214. The van der Waals surface area contributed by atoms with Gasteiger partial charge in [0.1, 0.15) is 5.15 Å². The Hall–Kier alpha value is -1.94. The highest BCUT2D eigenvalue weighted by Gasteiger charge is 2.09. The zero-order chi connectivity index (χ0) is 13.7. The number of carbonyl (C=O) groups excluding carboxylic acids is 1. The predicted octanol–water partition coefficient (Wildman–Crippen LogP) is 2.90. The van der Waals surface area contributed by atoms with E-state index in [2.05, 4.69) is 14.7 Å². The second kappa shape index (κ2) is 6.29. The Morgan fingerprint density at radius 1 is 1.32 bits per heavy atom. The van der Waals surface area contributed by atoms with Crippen LogP contribution in [0.2, 0.25) is 5.15 Å². The topological polar surface area (TPSA) is 52.1 Å². The van der Waals surface area contributed by atoms with Gasteiger partial charge < -0.3 is 4.74 Å². The van der Waals surface area contributed by atoms with Gasteiger partial charge in [-0.25, -0.2) is 9.97 Å². The van der Waals surface area contributed by atoms with Crippen molar-refractivity contribution in [2.75, 3.05) is 7.11 Å². The monoisotopic (exact) mass is 276 g/mol. The number of nitrogens with zero attached hydrogens (tertiary/aromatic N) is 2. The van der Waals surface area contributed by atoms with Gasteiger partial charge in [0, 0.05) is 23.7 Å². The Kier molecular flexibility index (Phi) is 4.47. The zero-order valence-electron chi connectivity index (χ0n) is 10.5. The minimum Gasteiger partial charge on any atom is -0.469 e. The van der Waals surface area contributed by atoms with Crippen molar-refractivity contribution in [3.63, 3.8) is 0 Å². The summed E-state index contributed by atoms with van der Waals surface area (Å²) in [6.07, 6.45) is 2.39. The number of halogens is 1. The Balaban J connectivity index is 2.16. The van der Waals surface area contributed by atoms with Gasteiger partial charge in [0.2, 0.25) is 0 Å². The number of rotatable bonds is 4. The first-order chi connectivity index (χ1) is 9.20. The molecule has 0 saturated carbocycles. The highest BCUT2D eigenvalue weighted by atomic mass is 35.5. The molecule has 5 heteroatoms. The van der Waals surface area contributed by atoms with E-state index in [1.807, 2.05) is 30.3 Å². The normalized spacial score (nSPS) is 10.2. The number of benzene rings is 1. The van der Waals surface area contributed by atoms with Crippen molar-refractivity contribution in [2.24, 2.45) is 0 Å². The van der Waals surface area contributed by atoms with E-state index in [9.17, 15) is 4.79 Å². The Labute approximate surface area is 116 Å². The second-order valence-electron chi connectivity index (χ2n) is 3.95. The number of aryl methyl sites for hydroxylation is 1. The summed E-state index contributed by atoms with van der Waals surface area (Å²) < 4.78 is 4.58. The Morgan fingerprint density at radius 2 is 2.05 bits per heavy atom. The van der Waals surface area contributed by atoms with Crippen LogP contribution >= 0.6 is 11.6 Å². The second-order valence-corrected chi connectivity index (χ2v) is 4.31. The summed E-state index contributed by atoms with van der Waals surface area (Å²) in [5.74, 6) is 0.302. The molecule has 0 saturated heterocycles. The number of carbonyl (C=O) groups is 1. The molecule has 0 bridgehead atoms. The summed E-state index contributed by atoms with van der Waals surface area (Å²) in [7, 11) is 1.36. The number of hydrogen-bond donors (Lipinski definition) is 0. The first-order valence-corrected chi connectivity index (χ1v) is 6.22. The summed E-state index contributed by atoms with van der Waals surface area (Å²) in [4.78, 5) is 19.6. The van der Waals surface area contributed by atoms with Crippen LogP contribution < -0.4 is 0 Å². The summed E-state index contributed by atoms with van der Waals surface area (Å²) >= 11 is 6.10. The van der Waals surface area contributed by atoms with E-state index in [4.69, 9.17) is 11.6 Å². The third-order valence-corrected chi connectivity index (χ3v) is 3.00. The molecule has 0 N–H and O–H groups in total. The molecule has 19 heavy (non-hydrogen) atoms. The van der Waals surface area contributed by atoms with E-state index in [0.717, 1.165) is 11.1 Å². The summed E-state index contributed by atoms with van der Waals surface area (Å²) in [5.41, 5.74) is 1.65. The van der Waals surface area contributed by atoms with E-state index in [1.54, 1.807) is 6.20 Å². The molecule has 0 amide bonds. The maximum Gasteiger partial charge on any atom is 0.305 e. The largest absolute Gasteiger partial charge is 0.469 e. The molecule has 2 aromatic rings. The summed E-state index contributed by atoms with van der Waals surface area (Å²) in [6, 6.07) is 9.59. The van der Waals surface area contributed by atoms with E-state index >= 15 is 0 Å². The maximum absolute atomic E-state index is 11.1. The molecule has 1 aromatic heterocycles. The minimum atomic E-state index is -0.275. The van der Waals surface area contributed by atoms with Gasteiger partial charge in [-0.15, -0.1) is 0 Å². The number of hydrogen-bond acceptors (Lipinski definition) is 4. The molecular weight excluding hydrogens is 264 g/mol. The van der Waals surface area contributed by atoms with Gasteiger partial charge in [-0.1, -0.05) is 41.9 Å². The Morgan fingerprint density at radius 3 is 2.68 bits per heavy atom. The number of esters is 1. The molecule has 0 spiro atoms. The molecule has 4 nitrogen and oxygen atoms in total. The van der Waals surface area contributed by atoms with Gasteiger partial charge in [-0.05, 0) is 6.42 Å². The fourth-order valence-corrected chi connectivity index (χ4v) is 1.84. The van der Waals surface area contributed by atoms with Crippen LogP contribution in [-0.2, 0) is 16.0 Å². The highest BCUT2D eigenvalue weighted by molar-refractivity contribution is 6.30. The van der Waals surface area contributed by atoms with Crippen LogP contribution in [0.1, 0.15) is 12.0 Å². The fourth-order valence-electron chi connectivity index (χ4n) is 1.62. The average molecular weight is 277 g/mol. The molecule has 0 aliphatic heterocycles. The van der Waals surface area contributed by atoms with Crippen LogP contribution in [0.3, 0.4) is 0 Å². The first-order valence-electron chi connectivity index (χ1n) is 5.84. The van der Waals surface area contributed by atoms with Gasteiger partial charge in [-0.3, -0.25) is 4.79 Å². The summed E-state index contributed by atoms with van der Waals surface area (Å²) in [6.45, 7) is 0. The predicted molar refractivity (Wildman–Crippen MR) is 72.8 cm³/mol. The van der Waals surface area contributed by atoms with E-state index in [-0.39, 0.29) is 12.4 Å². The van der Waals surface area contributed by atoms with E-state index in [0.29, 0.717) is 17.4 Å². The SMILES string of the molecule is COC(=O)CCc1cnc(-c2ccccc2)nc1Cl. The van der Waals surface area contributed by atoms with Crippen LogP contribution in [0.4, 0.5) is 0 Å². The van der Waals surface area contributed by atoms with Crippen LogP contribution in [-0.4, -0.2) is 23.0 Å². The smallest absolute Gasteiger partial charge is 0.305 e. The van der Waals surface area contributed by atoms with Crippen molar-refractivity contribution in [3.05, 3.63) is 47.2 Å². The van der Waals surface area contributed by atoms with Gasteiger partial charge in [-0.2, -0.15) is 0 Å². The van der Waals surface area contributed by atoms with Gasteiger partial charge >= 0.3 is 5.97 Å². The van der Waals surface area contributed by atoms with Crippen LogP contribution in [0.15, 0.2) is 36.5 Å². The van der Waals surface area contributed by atoms with Crippen molar-refractivity contribution in [2.45, 2.75) is 12.8 Å². The number of aromatic nitrogens is 2. The van der Waals surface area contributed by atoms with Crippen LogP contribution in [0.25, 0.3) is 11.4 Å². The highest BCUT2D eigenvalue weighted by Crippen LogP contribution is 2.20. The molecule has 0 unspecified atom stereocenters. The lowest BCUT2D eigenvalue weighted by Crippen LogP contribution is -2.03. The standard InChI is InChI=1S/C14H13ClN2O2/c1-19-12(18)8-7-11-9-16-14(17-13(11)15)10-5-3-2-4-6-10/h2-6,9H,7-8H2,1H3. The van der Waals surface area contributed by atoms with E-state index < -0.39 is 0 Å². The molecule has 0 atom stereocenters. The lowest BCUT2D eigenvalue weighted by molar-refractivity contribution is -0.140. The molecule has 0 radical (unpaired) electrons. The molecule has 1 heterocycles. The molecule has 0 aliphatic rings. The molecule has 1 aromatic carbocycles. The Bertz CT molecular complexity index is 573. The quantitative estimate of drug-likeness (QED) is 0.636. The van der Waals surface area contributed by atoms with Crippen molar-refractivity contribution in [3.8, 4) is 11.4 Å². The molecule has 2 rings (SSSR count). The maximum atomic E-state index is 11.1. The number of methoxy groups -OCH3 is 1. The van der Waals surface area contributed by atoms with Crippen molar-refractivity contribution in [1.29, 1.82) is 0 Å². The van der Waals surface area contributed by atoms with Gasteiger partial charge in [0.05, 0.1) is 7.11 Å². The van der Waals surface area contributed by atoms with Gasteiger partial charge in [0.15, 0.2) is 5.82 Å². The number of ether oxygens (including phenoxy) is 1. The van der Waals surface area contributed by atoms with Crippen molar-refractivity contribution < 1.29 is 9.53 Å². The third-order valence-electron chi connectivity index (χ3n) is 2.67. The van der Waals surface area contributed by atoms with Crippen LogP contribution in [0.5, 0.6) is 0 Å². The molecule has 98 valence electrons. The lowest BCUT2D eigenvalue weighted by Gasteiger charge is -2.05. The minimum absolute atomic E-state index is 0.268. The van der Waals surface area contributed by atoms with Crippen LogP contribution in [0, 0.1) is 0 Å². The van der Waals surface area contributed by atoms with E-state index in [1.165, 1.54) is 7.11 Å². The average Bonchev–Trinajstić information content (AvgIpc) is 2.46. The lowest BCUT2D eigenvalue weighted by atomic mass is 10.2. The first kappa shape index (κ1) is 13.5. The van der Waals surface area contributed by atoms with Crippen molar-refractivity contribution >= 4 is 17.6 Å². The summed E-state index contributed by atoms with van der Waals surface area (Å²) in [5, 5.41) is 0.373. The molecule has 0 fully saturated rings. The molecule has 0 aliphatic carbocycles.